The van der Waals surface area contributed by atoms with Crippen molar-refractivity contribution in [1.29, 1.82) is 0 Å². The SMILES string of the molecule is C[C@H](OC(=O)CC12C[C@@H]3C[C@@H](CC(O)(C3)C1)C2)C(=O)Nc1ccc2ccccc2c1. The Kier molecular flexibility index (Phi) is 4.62. The molecule has 4 saturated carbocycles. The van der Waals surface area contributed by atoms with Gasteiger partial charge in [-0.3, -0.25) is 9.59 Å². The van der Waals surface area contributed by atoms with E-state index in [2.05, 4.69) is 5.32 Å². The van der Waals surface area contributed by atoms with Gasteiger partial charge in [-0.15, -0.1) is 0 Å². The van der Waals surface area contributed by atoms with E-state index in [1.807, 2.05) is 42.5 Å². The molecule has 0 saturated heterocycles. The summed E-state index contributed by atoms with van der Waals surface area (Å²) in [5.74, 6) is 0.389. The molecule has 2 aromatic carbocycles. The lowest BCUT2D eigenvalue weighted by atomic mass is 9.47. The number of anilines is 1. The number of carbonyl (C=O) groups is 2. The molecule has 0 radical (unpaired) electrons. The average molecular weight is 408 g/mol. The van der Waals surface area contributed by atoms with E-state index in [9.17, 15) is 14.7 Å². The summed E-state index contributed by atoms with van der Waals surface area (Å²) in [6.45, 7) is 1.61. The minimum atomic E-state index is -0.860. The number of nitrogens with one attached hydrogen (secondary N) is 1. The van der Waals surface area contributed by atoms with Gasteiger partial charge in [-0.1, -0.05) is 30.3 Å². The Morgan fingerprint density at radius 3 is 2.50 bits per heavy atom. The van der Waals surface area contributed by atoms with Gasteiger partial charge in [-0.05, 0) is 85.6 Å². The van der Waals surface area contributed by atoms with Crippen LogP contribution in [0.2, 0.25) is 0 Å². The van der Waals surface area contributed by atoms with Gasteiger partial charge in [0.05, 0.1) is 12.0 Å². The number of carbonyl (C=O) groups excluding carboxylic acids is 2. The van der Waals surface area contributed by atoms with E-state index in [-0.39, 0.29) is 17.3 Å². The van der Waals surface area contributed by atoms with Gasteiger partial charge in [-0.25, -0.2) is 0 Å². The van der Waals surface area contributed by atoms with Crippen molar-refractivity contribution in [1.82, 2.24) is 0 Å². The third-order valence-corrected chi connectivity index (χ3v) is 7.37. The lowest BCUT2D eigenvalue weighted by molar-refractivity contribution is -0.179. The molecule has 6 rings (SSSR count). The van der Waals surface area contributed by atoms with Crippen LogP contribution in [-0.4, -0.2) is 28.7 Å². The van der Waals surface area contributed by atoms with E-state index in [1.54, 1.807) is 6.92 Å². The second-order valence-corrected chi connectivity index (χ2v) is 10.0. The molecule has 0 aliphatic heterocycles. The first-order chi connectivity index (χ1) is 14.3. The van der Waals surface area contributed by atoms with Crippen molar-refractivity contribution < 1.29 is 19.4 Å². The third kappa shape index (κ3) is 3.71. The monoisotopic (exact) mass is 407 g/mol. The number of amides is 1. The standard InChI is InChI=1S/C25H29NO4/c1-16(23(28)26-21-7-6-19-4-2-3-5-20(19)9-21)30-22(27)14-24-10-17-8-18(11-24)13-25(29,12-17)15-24/h2-7,9,16-18,29H,8,10-15H2,1H3,(H,26,28)/t16-,17-,18+,24?,25?/m0/s1. The molecule has 2 N–H and O–H groups in total. The quantitative estimate of drug-likeness (QED) is 0.719. The molecule has 4 bridgehead atoms. The molecule has 5 heteroatoms. The number of rotatable bonds is 5. The zero-order valence-corrected chi connectivity index (χ0v) is 17.4. The zero-order valence-electron chi connectivity index (χ0n) is 17.4. The highest BCUT2D eigenvalue weighted by molar-refractivity contribution is 5.97. The summed E-state index contributed by atoms with van der Waals surface area (Å²) < 4.78 is 5.51. The Hall–Kier alpha value is -2.40. The predicted molar refractivity (Wildman–Crippen MR) is 115 cm³/mol. The number of benzene rings is 2. The molecule has 4 aliphatic rings. The predicted octanol–water partition coefficient (Wildman–Crippen LogP) is 4.43. The zero-order chi connectivity index (χ0) is 20.9. The fourth-order valence-electron chi connectivity index (χ4n) is 6.72. The molecule has 158 valence electrons. The van der Waals surface area contributed by atoms with Crippen LogP contribution in [0, 0.1) is 17.3 Å². The Morgan fingerprint density at radius 1 is 1.10 bits per heavy atom. The first-order valence-electron chi connectivity index (χ1n) is 11.0. The summed E-state index contributed by atoms with van der Waals surface area (Å²) in [6, 6.07) is 13.7. The first-order valence-corrected chi connectivity index (χ1v) is 11.0. The van der Waals surface area contributed by atoms with Gasteiger partial charge >= 0.3 is 5.97 Å². The summed E-state index contributed by atoms with van der Waals surface area (Å²) in [5.41, 5.74) is -0.0571. The maximum Gasteiger partial charge on any atom is 0.307 e. The van der Waals surface area contributed by atoms with Crippen molar-refractivity contribution in [3.8, 4) is 0 Å². The topological polar surface area (TPSA) is 75.6 Å². The van der Waals surface area contributed by atoms with Crippen LogP contribution >= 0.6 is 0 Å². The molecule has 0 heterocycles. The molecule has 5 atom stereocenters. The Labute approximate surface area is 176 Å². The number of ether oxygens (including phenoxy) is 1. The summed E-state index contributed by atoms with van der Waals surface area (Å²) >= 11 is 0. The van der Waals surface area contributed by atoms with Crippen molar-refractivity contribution in [2.45, 2.75) is 63.6 Å². The van der Waals surface area contributed by atoms with Gasteiger partial charge in [0.1, 0.15) is 0 Å². The van der Waals surface area contributed by atoms with Gasteiger partial charge in [0.15, 0.2) is 6.10 Å². The summed E-state index contributed by atoms with van der Waals surface area (Å²) in [5, 5.41) is 15.9. The number of hydrogen-bond acceptors (Lipinski definition) is 4. The van der Waals surface area contributed by atoms with E-state index in [0.29, 0.717) is 30.4 Å². The van der Waals surface area contributed by atoms with Crippen LogP contribution in [0.4, 0.5) is 5.69 Å². The molecule has 4 aliphatic carbocycles. The second-order valence-electron chi connectivity index (χ2n) is 10.0. The minimum Gasteiger partial charge on any atom is -0.453 e. The van der Waals surface area contributed by atoms with Gasteiger partial charge < -0.3 is 15.2 Å². The highest BCUT2D eigenvalue weighted by atomic mass is 16.5. The molecular weight excluding hydrogens is 378 g/mol. The van der Waals surface area contributed by atoms with Gasteiger partial charge in [0.2, 0.25) is 0 Å². The number of fused-ring (bicyclic) bond motifs is 1. The van der Waals surface area contributed by atoms with E-state index in [0.717, 1.165) is 36.5 Å². The van der Waals surface area contributed by atoms with E-state index in [1.165, 1.54) is 6.42 Å². The Balaban J connectivity index is 1.20. The van der Waals surface area contributed by atoms with Crippen LogP contribution in [0.5, 0.6) is 0 Å². The van der Waals surface area contributed by atoms with Gasteiger partial charge in [-0.2, -0.15) is 0 Å². The maximum absolute atomic E-state index is 12.7. The van der Waals surface area contributed by atoms with Crippen LogP contribution in [0.15, 0.2) is 42.5 Å². The smallest absolute Gasteiger partial charge is 0.307 e. The fourth-order valence-corrected chi connectivity index (χ4v) is 6.72. The minimum absolute atomic E-state index is 0.148. The van der Waals surface area contributed by atoms with E-state index in [4.69, 9.17) is 4.74 Å². The number of aliphatic hydroxyl groups is 1. The van der Waals surface area contributed by atoms with Gasteiger partial charge in [0.25, 0.3) is 5.91 Å². The largest absolute Gasteiger partial charge is 0.453 e. The average Bonchev–Trinajstić information content (AvgIpc) is 2.65. The first kappa shape index (κ1) is 19.6. The normalized spacial score (nSPS) is 32.7. The molecule has 1 amide bonds. The van der Waals surface area contributed by atoms with Crippen LogP contribution in [0.3, 0.4) is 0 Å². The molecule has 2 unspecified atom stereocenters. The van der Waals surface area contributed by atoms with Crippen LogP contribution < -0.4 is 5.32 Å². The van der Waals surface area contributed by atoms with Crippen molar-refractivity contribution in [2.75, 3.05) is 5.32 Å². The van der Waals surface area contributed by atoms with E-state index < -0.39 is 11.7 Å². The van der Waals surface area contributed by atoms with Crippen LogP contribution in [0.25, 0.3) is 10.8 Å². The lowest BCUT2D eigenvalue weighted by Crippen LogP contribution is -2.56. The van der Waals surface area contributed by atoms with Crippen LogP contribution in [-0.2, 0) is 14.3 Å². The van der Waals surface area contributed by atoms with Gasteiger partial charge in [0, 0.05) is 5.69 Å². The Bertz CT molecular complexity index is 986. The van der Waals surface area contributed by atoms with Crippen molar-refractivity contribution in [3.63, 3.8) is 0 Å². The highest BCUT2D eigenvalue weighted by Crippen LogP contribution is 2.62. The molecule has 30 heavy (non-hydrogen) atoms. The summed E-state index contributed by atoms with van der Waals surface area (Å²) in [7, 11) is 0. The third-order valence-electron chi connectivity index (χ3n) is 7.37. The van der Waals surface area contributed by atoms with Crippen LogP contribution in [0.1, 0.15) is 51.9 Å². The summed E-state index contributed by atoms with van der Waals surface area (Å²) in [4.78, 5) is 25.3. The molecule has 5 nitrogen and oxygen atoms in total. The highest BCUT2D eigenvalue weighted by Gasteiger charge is 2.57. The number of hydrogen-bond donors (Lipinski definition) is 2. The molecular formula is C25H29NO4. The molecule has 0 aromatic heterocycles. The molecule has 2 aromatic rings. The Morgan fingerprint density at radius 2 is 1.80 bits per heavy atom. The second kappa shape index (κ2) is 7.09. The van der Waals surface area contributed by atoms with Crippen molar-refractivity contribution >= 4 is 28.3 Å². The maximum atomic E-state index is 12.7. The van der Waals surface area contributed by atoms with Crippen molar-refractivity contribution in [2.24, 2.45) is 17.3 Å². The summed E-state index contributed by atoms with van der Waals surface area (Å²) in [6.07, 6.45) is 5.08. The number of esters is 1. The lowest BCUT2D eigenvalue weighted by Gasteiger charge is -2.60. The van der Waals surface area contributed by atoms with Crippen molar-refractivity contribution in [3.05, 3.63) is 42.5 Å². The molecule has 4 fully saturated rings. The molecule has 0 spiro atoms. The van der Waals surface area contributed by atoms with E-state index >= 15 is 0 Å². The fraction of sp³-hybridized carbons (Fsp3) is 0.520.